The Morgan fingerprint density at radius 1 is 1.00 bits per heavy atom. The summed E-state index contributed by atoms with van der Waals surface area (Å²) >= 11 is 0. The van der Waals surface area contributed by atoms with Gasteiger partial charge < -0.3 is 19.5 Å². The minimum absolute atomic E-state index is 0.183. The average molecular weight is 267 g/mol. The lowest BCUT2D eigenvalue weighted by atomic mass is 10.2. The number of amides is 1. The Labute approximate surface area is 111 Å². The van der Waals surface area contributed by atoms with E-state index in [4.69, 9.17) is 14.2 Å². The van der Waals surface area contributed by atoms with Crippen molar-refractivity contribution in [3.05, 3.63) is 12.1 Å². The number of methoxy groups -OCH3 is 3. The first-order valence-corrected chi connectivity index (χ1v) is 5.61. The number of rotatable bonds is 6. The van der Waals surface area contributed by atoms with Gasteiger partial charge in [0, 0.05) is 12.1 Å². The molecule has 1 aromatic carbocycles. The van der Waals surface area contributed by atoms with Crippen LogP contribution in [-0.4, -0.2) is 33.0 Å². The van der Waals surface area contributed by atoms with Gasteiger partial charge in [0.15, 0.2) is 11.5 Å². The Hall–Kier alpha value is -2.24. The molecular weight excluding hydrogens is 250 g/mol. The Balaban J connectivity index is 3.05. The van der Waals surface area contributed by atoms with E-state index in [1.807, 2.05) is 0 Å². The summed E-state index contributed by atoms with van der Waals surface area (Å²) in [6.45, 7) is 1.35. The molecule has 0 fully saturated rings. The fourth-order valence-electron chi connectivity index (χ4n) is 1.55. The molecule has 0 unspecified atom stereocenters. The molecule has 0 spiro atoms. The van der Waals surface area contributed by atoms with Crippen LogP contribution in [0.15, 0.2) is 12.1 Å². The maximum absolute atomic E-state index is 11.6. The van der Waals surface area contributed by atoms with E-state index in [2.05, 4.69) is 5.32 Å². The molecule has 0 atom stereocenters. The molecule has 0 aliphatic carbocycles. The number of nitrogens with one attached hydrogen (secondary N) is 1. The summed E-state index contributed by atoms with van der Waals surface area (Å²) in [6.07, 6.45) is -0.183. The van der Waals surface area contributed by atoms with E-state index in [1.54, 1.807) is 12.1 Å². The van der Waals surface area contributed by atoms with Gasteiger partial charge >= 0.3 is 0 Å². The minimum atomic E-state index is -0.405. The lowest BCUT2D eigenvalue weighted by Crippen LogP contribution is -2.15. The fraction of sp³-hybridized carbons (Fsp3) is 0.385. The van der Waals surface area contributed by atoms with Gasteiger partial charge in [0.1, 0.15) is 11.5 Å². The van der Waals surface area contributed by atoms with Gasteiger partial charge in [-0.2, -0.15) is 0 Å². The Bertz CT molecular complexity index is 484. The van der Waals surface area contributed by atoms with Gasteiger partial charge in [-0.05, 0) is 6.92 Å². The molecule has 1 rings (SSSR count). The summed E-state index contributed by atoms with van der Waals surface area (Å²) < 4.78 is 15.4. The van der Waals surface area contributed by atoms with E-state index in [0.717, 1.165) is 0 Å². The molecular formula is C13H17NO5. The van der Waals surface area contributed by atoms with Crippen molar-refractivity contribution in [2.24, 2.45) is 0 Å². The molecule has 1 amide bonds. The maximum Gasteiger partial charge on any atom is 0.231 e. The third-order valence-electron chi connectivity index (χ3n) is 2.39. The van der Waals surface area contributed by atoms with Crippen molar-refractivity contribution < 1.29 is 23.8 Å². The summed E-state index contributed by atoms with van der Waals surface area (Å²) in [5.74, 6) is 0.759. The van der Waals surface area contributed by atoms with Gasteiger partial charge in [0.25, 0.3) is 0 Å². The minimum Gasteiger partial charge on any atom is -0.494 e. The number of carbonyl (C=O) groups is 2. The lowest BCUT2D eigenvalue weighted by molar-refractivity contribution is -0.124. The van der Waals surface area contributed by atoms with Crippen molar-refractivity contribution in [1.82, 2.24) is 0 Å². The van der Waals surface area contributed by atoms with Gasteiger partial charge in [-0.25, -0.2) is 0 Å². The summed E-state index contributed by atoms with van der Waals surface area (Å²) in [7, 11) is 4.47. The predicted octanol–water partition coefficient (Wildman–Crippen LogP) is 1.63. The second-order valence-corrected chi connectivity index (χ2v) is 3.83. The molecule has 0 saturated carbocycles. The monoisotopic (exact) mass is 267 g/mol. The van der Waals surface area contributed by atoms with Crippen molar-refractivity contribution >= 4 is 17.4 Å². The van der Waals surface area contributed by atoms with Crippen LogP contribution in [0.25, 0.3) is 0 Å². The number of hydrogen-bond donors (Lipinski definition) is 1. The zero-order valence-electron chi connectivity index (χ0n) is 11.4. The first-order chi connectivity index (χ1) is 9.01. The van der Waals surface area contributed by atoms with Crippen LogP contribution in [0, 0.1) is 0 Å². The van der Waals surface area contributed by atoms with Crippen molar-refractivity contribution in [1.29, 1.82) is 0 Å². The average Bonchev–Trinajstić information content (AvgIpc) is 2.37. The van der Waals surface area contributed by atoms with Gasteiger partial charge in [0.2, 0.25) is 5.91 Å². The summed E-state index contributed by atoms with van der Waals surface area (Å²) in [5, 5.41) is 2.60. The predicted molar refractivity (Wildman–Crippen MR) is 70.0 cm³/mol. The third kappa shape index (κ3) is 3.87. The van der Waals surface area contributed by atoms with Crippen LogP contribution < -0.4 is 19.5 Å². The third-order valence-corrected chi connectivity index (χ3v) is 2.39. The van der Waals surface area contributed by atoms with Crippen molar-refractivity contribution in [3.63, 3.8) is 0 Å². The van der Waals surface area contributed by atoms with Gasteiger partial charge in [-0.1, -0.05) is 0 Å². The largest absolute Gasteiger partial charge is 0.494 e. The quantitative estimate of drug-likeness (QED) is 0.793. The van der Waals surface area contributed by atoms with E-state index in [9.17, 15) is 9.59 Å². The normalized spacial score (nSPS) is 9.68. The van der Waals surface area contributed by atoms with E-state index in [-0.39, 0.29) is 12.2 Å². The molecule has 0 radical (unpaired) electrons. The smallest absolute Gasteiger partial charge is 0.231 e. The van der Waals surface area contributed by atoms with Crippen LogP contribution in [0.5, 0.6) is 17.2 Å². The van der Waals surface area contributed by atoms with Gasteiger partial charge in [-0.15, -0.1) is 0 Å². The van der Waals surface area contributed by atoms with Crippen LogP contribution in [0.1, 0.15) is 13.3 Å². The topological polar surface area (TPSA) is 73.9 Å². The lowest BCUT2D eigenvalue weighted by Gasteiger charge is -2.14. The highest BCUT2D eigenvalue weighted by molar-refractivity contribution is 6.04. The molecule has 19 heavy (non-hydrogen) atoms. The zero-order valence-corrected chi connectivity index (χ0v) is 11.4. The SMILES string of the molecule is COc1cc(OC)c(OC)cc1NC(=O)CC(C)=O. The van der Waals surface area contributed by atoms with E-state index >= 15 is 0 Å². The van der Waals surface area contributed by atoms with E-state index in [0.29, 0.717) is 22.9 Å². The Morgan fingerprint density at radius 3 is 2.00 bits per heavy atom. The fourth-order valence-corrected chi connectivity index (χ4v) is 1.55. The molecule has 0 saturated heterocycles. The van der Waals surface area contributed by atoms with Gasteiger partial charge in [0.05, 0.1) is 33.4 Å². The number of ether oxygens (including phenoxy) is 3. The van der Waals surface area contributed by atoms with Gasteiger partial charge in [-0.3, -0.25) is 9.59 Å². The number of ketones is 1. The van der Waals surface area contributed by atoms with E-state index in [1.165, 1.54) is 28.3 Å². The molecule has 0 aliphatic rings. The highest BCUT2D eigenvalue weighted by Crippen LogP contribution is 2.37. The van der Waals surface area contributed by atoms with Crippen molar-refractivity contribution in [2.45, 2.75) is 13.3 Å². The molecule has 0 heterocycles. The molecule has 6 nitrogen and oxygen atoms in total. The van der Waals surface area contributed by atoms with Crippen LogP contribution in [-0.2, 0) is 9.59 Å². The molecule has 0 aliphatic heterocycles. The first-order valence-electron chi connectivity index (χ1n) is 5.61. The Kier molecular flexibility index (Phi) is 5.17. The molecule has 1 aromatic rings. The molecule has 6 heteroatoms. The molecule has 1 N–H and O–H groups in total. The Morgan fingerprint density at radius 2 is 1.53 bits per heavy atom. The number of hydrogen-bond acceptors (Lipinski definition) is 5. The van der Waals surface area contributed by atoms with Crippen molar-refractivity contribution in [2.75, 3.05) is 26.6 Å². The highest BCUT2D eigenvalue weighted by Gasteiger charge is 2.14. The van der Waals surface area contributed by atoms with E-state index < -0.39 is 5.91 Å². The number of Topliss-reactive ketones (excluding diaryl/α,β-unsaturated/α-hetero) is 1. The van der Waals surface area contributed by atoms with Crippen LogP contribution >= 0.6 is 0 Å². The number of anilines is 1. The number of benzene rings is 1. The van der Waals surface area contributed by atoms with Crippen LogP contribution in [0.4, 0.5) is 5.69 Å². The highest BCUT2D eigenvalue weighted by atomic mass is 16.5. The summed E-state index contributed by atoms with van der Waals surface area (Å²) in [6, 6.07) is 3.18. The second-order valence-electron chi connectivity index (χ2n) is 3.83. The molecule has 104 valence electrons. The van der Waals surface area contributed by atoms with Crippen LogP contribution in [0.3, 0.4) is 0 Å². The standard InChI is InChI=1S/C13H17NO5/c1-8(15)5-13(16)14-9-6-11(18-3)12(19-4)7-10(9)17-2/h6-7H,5H2,1-4H3,(H,14,16). The van der Waals surface area contributed by atoms with Crippen molar-refractivity contribution in [3.8, 4) is 17.2 Å². The number of carbonyl (C=O) groups excluding carboxylic acids is 2. The van der Waals surface area contributed by atoms with Crippen LogP contribution in [0.2, 0.25) is 0 Å². The second kappa shape index (κ2) is 6.63. The summed E-state index contributed by atoms with van der Waals surface area (Å²) in [5.41, 5.74) is 0.423. The zero-order chi connectivity index (χ0) is 14.4. The summed E-state index contributed by atoms with van der Waals surface area (Å²) in [4.78, 5) is 22.5. The first kappa shape index (κ1) is 14.8. The molecule has 0 bridgehead atoms. The molecule has 0 aromatic heterocycles. The maximum atomic E-state index is 11.6.